The van der Waals surface area contributed by atoms with Crippen LogP contribution in [0.4, 0.5) is 4.79 Å². The average Bonchev–Trinajstić information content (AvgIpc) is 2.72. The highest BCUT2D eigenvalue weighted by molar-refractivity contribution is 5.94. The molecule has 1 N–H and O–H groups in total. The molecular weight excluding hydrogens is 294 g/mol. The summed E-state index contributed by atoms with van der Waals surface area (Å²) in [6, 6.07) is 3.29. The lowest BCUT2D eigenvalue weighted by atomic mass is 10.1. The van der Waals surface area contributed by atoms with E-state index in [-0.39, 0.29) is 18.0 Å². The minimum atomic E-state index is -0.515. The predicted octanol–water partition coefficient (Wildman–Crippen LogP) is 2.60. The van der Waals surface area contributed by atoms with E-state index in [1.54, 1.807) is 29.4 Å². The number of aromatic nitrogens is 1. The summed E-state index contributed by atoms with van der Waals surface area (Å²) >= 11 is 0. The Balaban J connectivity index is 1.97. The van der Waals surface area contributed by atoms with Gasteiger partial charge in [0.05, 0.1) is 0 Å². The largest absolute Gasteiger partial charge is 0.444 e. The van der Waals surface area contributed by atoms with Crippen molar-refractivity contribution in [3.05, 3.63) is 30.1 Å². The number of likely N-dealkylation sites (tertiary alicyclic amines) is 1. The molecule has 0 bridgehead atoms. The van der Waals surface area contributed by atoms with Crippen molar-refractivity contribution >= 4 is 12.0 Å². The monoisotopic (exact) mass is 319 g/mol. The smallest absolute Gasteiger partial charge is 0.410 e. The lowest BCUT2D eigenvalue weighted by Crippen LogP contribution is -2.46. The van der Waals surface area contributed by atoms with Gasteiger partial charge in [-0.1, -0.05) is 0 Å². The fourth-order valence-electron chi connectivity index (χ4n) is 2.52. The molecule has 1 aliphatic heterocycles. The van der Waals surface area contributed by atoms with Crippen molar-refractivity contribution in [2.24, 2.45) is 0 Å². The first-order chi connectivity index (χ1) is 10.8. The van der Waals surface area contributed by atoms with Gasteiger partial charge in [0.25, 0.3) is 5.91 Å². The van der Waals surface area contributed by atoms with Gasteiger partial charge < -0.3 is 15.0 Å². The first-order valence-electron chi connectivity index (χ1n) is 8.04. The molecule has 126 valence electrons. The highest BCUT2D eigenvalue weighted by Crippen LogP contribution is 2.16. The second-order valence-electron chi connectivity index (χ2n) is 6.83. The molecular formula is C17H25N3O3. The summed E-state index contributed by atoms with van der Waals surface area (Å²) in [7, 11) is 0. The standard InChI is InChI=1S/C17H25N3O3/c1-17(2,3)23-16(22)20-11-5-4-6-14(12-20)19-15(21)13-7-9-18-10-8-13/h7-10,14H,4-6,11-12H2,1-3H3,(H,19,21). The summed E-state index contributed by atoms with van der Waals surface area (Å²) in [6.07, 6.45) is 5.62. The number of carbonyl (C=O) groups is 2. The van der Waals surface area contributed by atoms with Crippen LogP contribution in [0.5, 0.6) is 0 Å². The van der Waals surface area contributed by atoms with Gasteiger partial charge in [-0.3, -0.25) is 9.78 Å². The number of carbonyl (C=O) groups excluding carboxylic acids is 2. The molecule has 6 heteroatoms. The van der Waals surface area contributed by atoms with E-state index >= 15 is 0 Å². The first-order valence-corrected chi connectivity index (χ1v) is 8.04. The van der Waals surface area contributed by atoms with Crippen molar-refractivity contribution in [1.29, 1.82) is 0 Å². The summed E-state index contributed by atoms with van der Waals surface area (Å²) in [5.74, 6) is -0.136. The van der Waals surface area contributed by atoms with Crippen LogP contribution >= 0.6 is 0 Å². The van der Waals surface area contributed by atoms with Crippen LogP contribution in [0.2, 0.25) is 0 Å². The van der Waals surface area contributed by atoms with Crippen molar-refractivity contribution in [3.63, 3.8) is 0 Å². The SMILES string of the molecule is CC(C)(C)OC(=O)N1CCCCC(NC(=O)c2ccncc2)C1. The van der Waals surface area contributed by atoms with E-state index in [1.165, 1.54) is 0 Å². The zero-order valence-electron chi connectivity index (χ0n) is 14.0. The van der Waals surface area contributed by atoms with Gasteiger partial charge in [0, 0.05) is 37.1 Å². The molecule has 23 heavy (non-hydrogen) atoms. The van der Waals surface area contributed by atoms with Crippen LogP contribution in [0.15, 0.2) is 24.5 Å². The number of nitrogens with one attached hydrogen (secondary N) is 1. The summed E-state index contributed by atoms with van der Waals surface area (Å²) in [5, 5.41) is 3.01. The third-order valence-corrected chi connectivity index (χ3v) is 3.60. The molecule has 1 aliphatic rings. The number of hydrogen-bond acceptors (Lipinski definition) is 4. The first kappa shape index (κ1) is 17.2. The second-order valence-corrected chi connectivity index (χ2v) is 6.83. The molecule has 1 fully saturated rings. The Kier molecular flexibility index (Phi) is 5.58. The van der Waals surface area contributed by atoms with Crippen molar-refractivity contribution in [3.8, 4) is 0 Å². The van der Waals surface area contributed by atoms with E-state index in [1.807, 2.05) is 20.8 Å². The molecule has 0 spiro atoms. The van der Waals surface area contributed by atoms with Crippen LogP contribution in [-0.2, 0) is 4.74 Å². The number of amides is 2. The van der Waals surface area contributed by atoms with E-state index in [2.05, 4.69) is 10.3 Å². The van der Waals surface area contributed by atoms with Gasteiger partial charge in [-0.15, -0.1) is 0 Å². The fourth-order valence-corrected chi connectivity index (χ4v) is 2.52. The Morgan fingerprint density at radius 3 is 2.61 bits per heavy atom. The molecule has 1 aromatic rings. The maximum absolute atomic E-state index is 12.3. The second kappa shape index (κ2) is 7.44. The van der Waals surface area contributed by atoms with Crippen LogP contribution in [0, 0.1) is 0 Å². The molecule has 6 nitrogen and oxygen atoms in total. The quantitative estimate of drug-likeness (QED) is 0.909. The molecule has 2 amide bonds. The zero-order chi connectivity index (χ0) is 16.9. The third kappa shape index (κ3) is 5.54. The van der Waals surface area contributed by atoms with E-state index in [0.717, 1.165) is 19.3 Å². The molecule has 1 unspecified atom stereocenters. The van der Waals surface area contributed by atoms with Gasteiger partial charge in [0.1, 0.15) is 5.60 Å². The van der Waals surface area contributed by atoms with Crippen molar-refractivity contribution in [2.75, 3.05) is 13.1 Å². The molecule has 0 saturated carbocycles. The van der Waals surface area contributed by atoms with E-state index in [4.69, 9.17) is 4.74 Å². The van der Waals surface area contributed by atoms with Gasteiger partial charge in [-0.05, 0) is 52.2 Å². The number of rotatable bonds is 2. The third-order valence-electron chi connectivity index (χ3n) is 3.60. The lowest BCUT2D eigenvalue weighted by molar-refractivity contribution is 0.0242. The Hall–Kier alpha value is -2.11. The van der Waals surface area contributed by atoms with Gasteiger partial charge >= 0.3 is 6.09 Å². The molecule has 1 atom stereocenters. The zero-order valence-corrected chi connectivity index (χ0v) is 14.0. The Labute approximate surface area is 137 Å². The number of ether oxygens (including phenoxy) is 1. The van der Waals surface area contributed by atoms with Gasteiger partial charge in [0.2, 0.25) is 0 Å². The highest BCUT2D eigenvalue weighted by atomic mass is 16.6. The fraction of sp³-hybridized carbons (Fsp3) is 0.588. The molecule has 1 saturated heterocycles. The van der Waals surface area contributed by atoms with Crippen LogP contribution in [-0.4, -0.2) is 46.6 Å². The van der Waals surface area contributed by atoms with Crippen LogP contribution in [0.25, 0.3) is 0 Å². The topological polar surface area (TPSA) is 71.5 Å². The van der Waals surface area contributed by atoms with Gasteiger partial charge in [-0.2, -0.15) is 0 Å². The summed E-state index contributed by atoms with van der Waals surface area (Å²) < 4.78 is 5.44. The molecule has 0 aromatic carbocycles. The van der Waals surface area contributed by atoms with Crippen LogP contribution in [0.3, 0.4) is 0 Å². The number of nitrogens with zero attached hydrogens (tertiary/aromatic N) is 2. The number of pyridine rings is 1. The lowest BCUT2D eigenvalue weighted by Gasteiger charge is -2.28. The summed E-state index contributed by atoms with van der Waals surface area (Å²) in [5.41, 5.74) is 0.0622. The maximum atomic E-state index is 12.3. The Morgan fingerprint density at radius 2 is 1.96 bits per heavy atom. The predicted molar refractivity (Wildman–Crippen MR) is 87.1 cm³/mol. The molecule has 0 aliphatic carbocycles. The van der Waals surface area contributed by atoms with Gasteiger partial charge in [-0.25, -0.2) is 4.79 Å². The van der Waals surface area contributed by atoms with Crippen molar-refractivity contribution in [2.45, 2.75) is 51.7 Å². The maximum Gasteiger partial charge on any atom is 0.410 e. The molecule has 2 heterocycles. The molecule has 0 radical (unpaired) electrons. The number of hydrogen-bond donors (Lipinski definition) is 1. The van der Waals surface area contributed by atoms with Crippen molar-refractivity contribution in [1.82, 2.24) is 15.2 Å². The molecule has 2 rings (SSSR count). The average molecular weight is 319 g/mol. The van der Waals surface area contributed by atoms with E-state index in [0.29, 0.717) is 18.7 Å². The van der Waals surface area contributed by atoms with Gasteiger partial charge in [0.15, 0.2) is 0 Å². The minimum Gasteiger partial charge on any atom is -0.444 e. The molecule has 1 aromatic heterocycles. The highest BCUT2D eigenvalue weighted by Gasteiger charge is 2.27. The Morgan fingerprint density at radius 1 is 1.26 bits per heavy atom. The normalized spacial score (nSPS) is 18.9. The van der Waals surface area contributed by atoms with Crippen LogP contribution in [0.1, 0.15) is 50.4 Å². The Bertz CT molecular complexity index is 540. The van der Waals surface area contributed by atoms with E-state index in [9.17, 15) is 9.59 Å². The van der Waals surface area contributed by atoms with Crippen LogP contribution < -0.4 is 5.32 Å². The summed E-state index contributed by atoms with van der Waals surface area (Å²) in [4.78, 5) is 30.1. The summed E-state index contributed by atoms with van der Waals surface area (Å²) in [6.45, 7) is 6.70. The van der Waals surface area contributed by atoms with E-state index < -0.39 is 5.60 Å². The minimum absolute atomic E-state index is 0.0642. The van der Waals surface area contributed by atoms with Crippen molar-refractivity contribution < 1.29 is 14.3 Å².